The zero-order chi connectivity index (χ0) is 23.4. The summed E-state index contributed by atoms with van der Waals surface area (Å²) >= 11 is 0. The predicted molar refractivity (Wildman–Crippen MR) is 114 cm³/mol. The molecular weight excluding hydrogens is 425 g/mol. The molecule has 0 spiro atoms. The predicted octanol–water partition coefficient (Wildman–Crippen LogP) is 2.93. The molecule has 2 saturated heterocycles. The Morgan fingerprint density at radius 3 is 2.58 bits per heavy atom. The van der Waals surface area contributed by atoms with E-state index in [0.29, 0.717) is 25.0 Å². The van der Waals surface area contributed by atoms with Crippen LogP contribution in [0.4, 0.5) is 5.82 Å². The van der Waals surface area contributed by atoms with Gasteiger partial charge in [-0.1, -0.05) is 20.8 Å². The van der Waals surface area contributed by atoms with Crippen molar-refractivity contribution in [3.05, 3.63) is 22.2 Å². The van der Waals surface area contributed by atoms with E-state index in [1.807, 2.05) is 20.8 Å². The number of nitrogens with two attached hydrogens (primary N) is 1. The van der Waals surface area contributed by atoms with Crippen LogP contribution in [0.2, 0.25) is 0 Å². The molecular formula is C20H34N3O7P. The Morgan fingerprint density at radius 2 is 2.00 bits per heavy atom. The first-order valence-electron chi connectivity index (χ1n) is 10.4. The van der Waals surface area contributed by atoms with Gasteiger partial charge in [-0.25, -0.2) is 9.36 Å². The number of nitrogens with zero attached hydrogens (tertiary/aromatic N) is 2. The van der Waals surface area contributed by atoms with Crippen LogP contribution in [-0.2, 0) is 23.1 Å². The van der Waals surface area contributed by atoms with Crippen LogP contribution in [0.3, 0.4) is 0 Å². The van der Waals surface area contributed by atoms with Gasteiger partial charge < -0.3 is 20.1 Å². The van der Waals surface area contributed by atoms with Crippen LogP contribution in [-0.4, -0.2) is 44.5 Å². The molecule has 10 nitrogen and oxygen atoms in total. The van der Waals surface area contributed by atoms with Gasteiger partial charge >= 0.3 is 13.5 Å². The van der Waals surface area contributed by atoms with Crippen LogP contribution in [0.15, 0.2) is 11.0 Å². The fourth-order valence-electron chi connectivity index (χ4n) is 4.33. The molecule has 3 heterocycles. The molecule has 0 saturated carbocycles. The Balaban J connectivity index is 2.04. The number of hydrogen-bond acceptors (Lipinski definition) is 8. The summed E-state index contributed by atoms with van der Waals surface area (Å²) in [7, 11) is -4.46. The van der Waals surface area contributed by atoms with Gasteiger partial charge in [-0.15, -0.1) is 0 Å². The zero-order valence-corrected chi connectivity index (χ0v) is 20.1. The lowest BCUT2D eigenvalue weighted by Gasteiger charge is -2.42. The van der Waals surface area contributed by atoms with Crippen molar-refractivity contribution in [2.24, 2.45) is 5.41 Å². The highest BCUT2D eigenvalue weighted by atomic mass is 31.2. The number of phosphoric acid groups is 1. The van der Waals surface area contributed by atoms with Crippen molar-refractivity contribution in [2.45, 2.75) is 90.9 Å². The van der Waals surface area contributed by atoms with E-state index in [-0.39, 0.29) is 11.2 Å². The Morgan fingerprint density at radius 1 is 1.35 bits per heavy atom. The summed E-state index contributed by atoms with van der Waals surface area (Å²) in [5.41, 5.74) is 3.75. The minimum Gasteiger partial charge on any atom is -0.383 e. The molecule has 0 amide bonds. The summed E-state index contributed by atoms with van der Waals surface area (Å²) in [6.07, 6.45) is -0.0917. The number of nitrogen functional groups attached to an aromatic ring is 1. The highest BCUT2D eigenvalue weighted by Gasteiger charge is 2.62. The largest absolute Gasteiger partial charge is 0.473 e. The number of ether oxygens (including phenoxy) is 2. The normalized spacial score (nSPS) is 30.9. The highest BCUT2D eigenvalue weighted by molar-refractivity contribution is 7.47. The molecule has 2 unspecified atom stereocenters. The van der Waals surface area contributed by atoms with E-state index < -0.39 is 43.2 Å². The third-order valence-electron chi connectivity index (χ3n) is 5.20. The van der Waals surface area contributed by atoms with Gasteiger partial charge in [-0.3, -0.25) is 13.6 Å². The second-order valence-corrected chi connectivity index (χ2v) is 11.9. The van der Waals surface area contributed by atoms with Gasteiger partial charge in [0.15, 0.2) is 6.23 Å². The lowest BCUT2D eigenvalue weighted by molar-refractivity contribution is -0.138. The summed E-state index contributed by atoms with van der Waals surface area (Å²) in [5.74, 6) is 0.138. The molecule has 2 bridgehead atoms. The molecule has 5 atom stereocenters. The SMILES string of the molecule is Cc1cn([C@@H]2O[C@@]3(CC(C)(C)C)CCOC2[C@H]3OP(=O)(O)OC(C)(C)C)c(=O)nc1N. The summed E-state index contributed by atoms with van der Waals surface area (Å²) in [6, 6.07) is 0. The number of rotatable bonds is 5. The standard InChI is InChI=1S/C20H34N3O7P/c1-12-10-23(17(24)22-15(12)21)16-13-14(29-31(25,26)30-19(5,6)7)20(28-16,8-9-27-13)11-18(2,3)4/h10,13-14,16H,8-9,11H2,1-7H3,(H,25,26)(H2,21,22,24)/t13?,14-,16-,20-/m1/s1. The van der Waals surface area contributed by atoms with Gasteiger partial charge in [0, 0.05) is 18.2 Å². The first-order chi connectivity index (χ1) is 14.0. The minimum absolute atomic E-state index is 0.138. The molecule has 11 heteroatoms. The van der Waals surface area contributed by atoms with Gasteiger partial charge in [0.2, 0.25) is 0 Å². The van der Waals surface area contributed by atoms with E-state index in [0.717, 1.165) is 0 Å². The quantitative estimate of drug-likeness (QED) is 0.637. The van der Waals surface area contributed by atoms with Crippen molar-refractivity contribution in [3.8, 4) is 0 Å². The Bertz CT molecular complexity index is 936. The monoisotopic (exact) mass is 459 g/mol. The Kier molecular flexibility index (Phi) is 6.23. The van der Waals surface area contributed by atoms with Crippen molar-refractivity contribution in [1.82, 2.24) is 9.55 Å². The van der Waals surface area contributed by atoms with E-state index in [9.17, 15) is 14.3 Å². The number of phosphoric ester groups is 1. The second kappa shape index (κ2) is 7.93. The highest BCUT2D eigenvalue weighted by Crippen LogP contribution is 2.57. The van der Waals surface area contributed by atoms with Crippen LogP contribution in [0.25, 0.3) is 0 Å². The summed E-state index contributed by atoms with van der Waals surface area (Å²) in [6.45, 7) is 13.2. The van der Waals surface area contributed by atoms with Crippen LogP contribution in [0.1, 0.15) is 66.2 Å². The second-order valence-electron chi connectivity index (χ2n) is 10.6. The van der Waals surface area contributed by atoms with Gasteiger partial charge in [-0.05, 0) is 39.5 Å². The molecule has 1 aromatic heterocycles. The van der Waals surface area contributed by atoms with E-state index in [4.69, 9.17) is 24.3 Å². The Labute approximate surface area is 182 Å². The number of fused-ring (bicyclic) bond motifs is 2. The van der Waals surface area contributed by atoms with Gasteiger partial charge in [0.25, 0.3) is 0 Å². The number of aromatic nitrogens is 2. The smallest absolute Gasteiger partial charge is 0.383 e. The Hall–Kier alpha value is -1.29. The average molecular weight is 459 g/mol. The minimum atomic E-state index is -4.46. The maximum absolute atomic E-state index is 12.8. The molecule has 0 aromatic carbocycles. The van der Waals surface area contributed by atoms with Gasteiger partial charge in [0.1, 0.15) is 23.6 Å². The van der Waals surface area contributed by atoms with Crippen molar-refractivity contribution < 1.29 is 28.0 Å². The molecule has 1 aromatic rings. The van der Waals surface area contributed by atoms with Crippen molar-refractivity contribution >= 4 is 13.6 Å². The maximum Gasteiger partial charge on any atom is 0.473 e. The van der Waals surface area contributed by atoms with E-state index in [2.05, 4.69) is 4.98 Å². The molecule has 31 heavy (non-hydrogen) atoms. The molecule has 3 N–H and O–H groups in total. The average Bonchev–Trinajstić information content (AvgIpc) is 2.70. The molecule has 0 radical (unpaired) electrons. The van der Waals surface area contributed by atoms with Crippen LogP contribution in [0.5, 0.6) is 0 Å². The van der Waals surface area contributed by atoms with Crippen LogP contribution < -0.4 is 11.4 Å². The van der Waals surface area contributed by atoms with Crippen molar-refractivity contribution in [1.29, 1.82) is 0 Å². The van der Waals surface area contributed by atoms with Gasteiger partial charge in [-0.2, -0.15) is 4.98 Å². The number of hydrogen-bond donors (Lipinski definition) is 2. The number of anilines is 1. The van der Waals surface area contributed by atoms with Crippen molar-refractivity contribution in [3.63, 3.8) is 0 Å². The fraction of sp³-hybridized carbons (Fsp3) is 0.800. The summed E-state index contributed by atoms with van der Waals surface area (Å²) in [4.78, 5) is 26.9. The van der Waals surface area contributed by atoms with Crippen LogP contribution >= 0.6 is 7.82 Å². The fourth-order valence-corrected chi connectivity index (χ4v) is 5.67. The lowest BCUT2D eigenvalue weighted by Crippen LogP contribution is -2.52. The summed E-state index contributed by atoms with van der Waals surface area (Å²) < 4.78 is 37.5. The zero-order valence-electron chi connectivity index (χ0n) is 19.2. The lowest BCUT2D eigenvalue weighted by atomic mass is 9.76. The molecule has 3 rings (SSSR count). The molecule has 2 fully saturated rings. The first kappa shape index (κ1) is 24.4. The molecule has 2 aliphatic heterocycles. The van der Waals surface area contributed by atoms with E-state index >= 15 is 0 Å². The molecule has 0 aliphatic carbocycles. The number of aryl methyl sites for hydroxylation is 1. The third kappa shape index (κ3) is 5.38. The topological polar surface area (TPSA) is 135 Å². The van der Waals surface area contributed by atoms with Crippen molar-refractivity contribution in [2.75, 3.05) is 12.3 Å². The van der Waals surface area contributed by atoms with Gasteiger partial charge in [0.05, 0.1) is 12.2 Å². The molecule has 176 valence electrons. The van der Waals surface area contributed by atoms with Crippen LogP contribution in [0, 0.1) is 12.3 Å². The first-order valence-corrected chi connectivity index (χ1v) is 11.9. The summed E-state index contributed by atoms with van der Waals surface area (Å²) in [5, 5.41) is 0. The van der Waals surface area contributed by atoms with E-state index in [1.165, 1.54) is 4.57 Å². The molecule has 2 aliphatic rings. The van der Waals surface area contributed by atoms with E-state index in [1.54, 1.807) is 33.9 Å². The maximum atomic E-state index is 12.8. The third-order valence-corrected chi connectivity index (χ3v) is 6.47.